The van der Waals surface area contributed by atoms with Crippen LogP contribution in [0, 0.1) is 0 Å². The molecule has 2 aromatic rings. The Labute approximate surface area is 126 Å². The minimum absolute atomic E-state index is 0.228. The lowest BCUT2D eigenvalue weighted by Gasteiger charge is -2.17. The molecule has 0 aliphatic rings. The van der Waals surface area contributed by atoms with Crippen molar-refractivity contribution in [3.63, 3.8) is 0 Å². The number of aromatic nitrogens is 2. The molecular formula is C14H12Cl2N2O2. The SMILES string of the molecule is C=CCOc1ccc(Cl)c(Cl)c1C(O)c1cnccn1. The number of halogens is 2. The van der Waals surface area contributed by atoms with E-state index in [4.69, 9.17) is 27.9 Å². The molecule has 1 heterocycles. The van der Waals surface area contributed by atoms with Crippen molar-refractivity contribution in [2.45, 2.75) is 6.10 Å². The lowest BCUT2D eigenvalue weighted by atomic mass is 10.1. The number of aliphatic hydroxyl groups is 1. The van der Waals surface area contributed by atoms with E-state index in [2.05, 4.69) is 16.5 Å². The maximum absolute atomic E-state index is 10.4. The first-order valence-corrected chi connectivity index (χ1v) is 6.56. The van der Waals surface area contributed by atoms with Crippen LogP contribution in [0.2, 0.25) is 10.0 Å². The van der Waals surface area contributed by atoms with Crippen LogP contribution >= 0.6 is 23.2 Å². The zero-order valence-corrected chi connectivity index (χ0v) is 12.0. The van der Waals surface area contributed by atoms with Crippen LogP contribution in [0.15, 0.2) is 43.4 Å². The fourth-order valence-electron chi connectivity index (χ4n) is 1.68. The molecule has 2 rings (SSSR count). The number of benzene rings is 1. The van der Waals surface area contributed by atoms with Gasteiger partial charge in [0, 0.05) is 18.0 Å². The average molecular weight is 311 g/mol. The van der Waals surface area contributed by atoms with Crippen molar-refractivity contribution in [1.29, 1.82) is 0 Å². The molecule has 0 fully saturated rings. The summed E-state index contributed by atoms with van der Waals surface area (Å²) in [6.45, 7) is 3.87. The zero-order chi connectivity index (χ0) is 14.5. The topological polar surface area (TPSA) is 55.2 Å². The monoisotopic (exact) mass is 310 g/mol. The normalized spacial score (nSPS) is 11.9. The van der Waals surface area contributed by atoms with Crippen molar-refractivity contribution in [1.82, 2.24) is 9.97 Å². The van der Waals surface area contributed by atoms with E-state index in [9.17, 15) is 5.11 Å². The van der Waals surface area contributed by atoms with Crippen LogP contribution in [-0.4, -0.2) is 21.7 Å². The first-order chi connectivity index (χ1) is 9.65. The number of hydrogen-bond donors (Lipinski definition) is 1. The van der Waals surface area contributed by atoms with Gasteiger partial charge in [0.05, 0.1) is 21.9 Å². The minimum Gasteiger partial charge on any atom is -0.489 e. The molecule has 1 aromatic carbocycles. The number of ether oxygens (including phenoxy) is 1. The lowest BCUT2D eigenvalue weighted by molar-refractivity contribution is 0.208. The summed E-state index contributed by atoms with van der Waals surface area (Å²) in [5.74, 6) is 0.428. The molecule has 0 bridgehead atoms. The first kappa shape index (κ1) is 14.8. The van der Waals surface area contributed by atoms with Gasteiger partial charge in [-0.2, -0.15) is 0 Å². The summed E-state index contributed by atoms with van der Waals surface area (Å²) in [4.78, 5) is 7.98. The molecule has 0 spiro atoms. The Morgan fingerprint density at radius 2 is 2.15 bits per heavy atom. The quantitative estimate of drug-likeness (QED) is 0.860. The highest BCUT2D eigenvalue weighted by atomic mass is 35.5. The maximum atomic E-state index is 10.4. The molecule has 0 saturated heterocycles. The van der Waals surface area contributed by atoms with E-state index >= 15 is 0 Å². The molecule has 1 N–H and O–H groups in total. The standard InChI is InChI=1S/C14H12Cl2N2O2/c1-2-7-20-11-4-3-9(15)13(16)12(11)14(19)10-8-17-5-6-18-10/h2-6,8,14,19H,1,7H2. The molecule has 4 nitrogen and oxygen atoms in total. The number of aliphatic hydroxyl groups excluding tert-OH is 1. The Hall–Kier alpha value is -1.62. The van der Waals surface area contributed by atoms with Gasteiger partial charge in [-0.15, -0.1) is 0 Å². The zero-order valence-electron chi connectivity index (χ0n) is 10.5. The highest BCUT2D eigenvalue weighted by molar-refractivity contribution is 6.42. The van der Waals surface area contributed by atoms with E-state index in [0.29, 0.717) is 22.0 Å². The van der Waals surface area contributed by atoms with Crippen LogP contribution in [-0.2, 0) is 0 Å². The second-order valence-corrected chi connectivity index (χ2v) is 4.69. The molecule has 0 amide bonds. The van der Waals surface area contributed by atoms with Crippen LogP contribution in [0.3, 0.4) is 0 Å². The predicted molar refractivity (Wildman–Crippen MR) is 78.2 cm³/mol. The summed E-state index contributed by atoms with van der Waals surface area (Å²) < 4.78 is 5.50. The predicted octanol–water partition coefficient (Wildman–Crippen LogP) is 3.43. The third-order valence-electron chi connectivity index (χ3n) is 2.59. The van der Waals surface area contributed by atoms with Crippen LogP contribution < -0.4 is 4.74 Å². The molecular weight excluding hydrogens is 299 g/mol. The number of nitrogens with zero attached hydrogens (tertiary/aromatic N) is 2. The summed E-state index contributed by atoms with van der Waals surface area (Å²) in [5, 5.41) is 11.0. The van der Waals surface area contributed by atoms with Gasteiger partial charge in [0.25, 0.3) is 0 Å². The van der Waals surface area contributed by atoms with Crippen LogP contribution in [0.25, 0.3) is 0 Å². The average Bonchev–Trinajstić information content (AvgIpc) is 2.48. The van der Waals surface area contributed by atoms with E-state index < -0.39 is 6.10 Å². The highest BCUT2D eigenvalue weighted by Crippen LogP contribution is 2.39. The molecule has 0 saturated carbocycles. The van der Waals surface area contributed by atoms with Gasteiger partial charge in [-0.05, 0) is 12.1 Å². The van der Waals surface area contributed by atoms with Crippen LogP contribution in [0.4, 0.5) is 0 Å². The van der Waals surface area contributed by atoms with E-state index in [1.807, 2.05) is 0 Å². The minimum atomic E-state index is -1.07. The summed E-state index contributed by atoms with van der Waals surface area (Å²) in [6, 6.07) is 3.25. The molecule has 1 aromatic heterocycles. The highest BCUT2D eigenvalue weighted by Gasteiger charge is 2.22. The fourth-order valence-corrected chi connectivity index (χ4v) is 2.10. The first-order valence-electron chi connectivity index (χ1n) is 5.80. The van der Waals surface area contributed by atoms with E-state index in [1.54, 1.807) is 18.2 Å². The fraction of sp³-hybridized carbons (Fsp3) is 0.143. The van der Waals surface area contributed by atoms with Crippen molar-refractivity contribution < 1.29 is 9.84 Å². The van der Waals surface area contributed by atoms with Gasteiger partial charge in [0.1, 0.15) is 18.5 Å². The smallest absolute Gasteiger partial charge is 0.128 e. The van der Waals surface area contributed by atoms with E-state index in [0.717, 1.165) is 0 Å². The van der Waals surface area contributed by atoms with Crippen LogP contribution in [0.5, 0.6) is 5.75 Å². The Morgan fingerprint density at radius 3 is 2.80 bits per heavy atom. The van der Waals surface area contributed by atoms with Gasteiger partial charge >= 0.3 is 0 Å². The van der Waals surface area contributed by atoms with Gasteiger partial charge in [0.2, 0.25) is 0 Å². The summed E-state index contributed by atoms with van der Waals surface area (Å²) in [6.07, 6.45) is 4.99. The summed E-state index contributed by atoms with van der Waals surface area (Å²) >= 11 is 12.2. The molecule has 104 valence electrons. The van der Waals surface area contributed by atoms with Gasteiger partial charge in [-0.3, -0.25) is 9.97 Å². The molecule has 6 heteroatoms. The second-order valence-electron chi connectivity index (χ2n) is 3.91. The summed E-state index contributed by atoms with van der Waals surface area (Å²) in [7, 11) is 0. The van der Waals surface area contributed by atoms with Gasteiger partial charge < -0.3 is 9.84 Å². The molecule has 1 unspecified atom stereocenters. The van der Waals surface area contributed by atoms with Gasteiger partial charge in [0.15, 0.2) is 0 Å². The van der Waals surface area contributed by atoms with Crippen molar-refractivity contribution in [3.05, 3.63) is 64.7 Å². The Kier molecular flexibility index (Phi) is 4.95. The molecule has 0 radical (unpaired) electrons. The Morgan fingerprint density at radius 1 is 1.35 bits per heavy atom. The Bertz CT molecular complexity index is 606. The molecule has 1 atom stereocenters. The lowest BCUT2D eigenvalue weighted by Crippen LogP contribution is -2.07. The Balaban J connectivity index is 2.47. The summed E-state index contributed by atoms with van der Waals surface area (Å²) in [5.41, 5.74) is 0.724. The third-order valence-corrected chi connectivity index (χ3v) is 3.40. The van der Waals surface area contributed by atoms with Crippen molar-refractivity contribution in [2.24, 2.45) is 0 Å². The van der Waals surface area contributed by atoms with Gasteiger partial charge in [-0.1, -0.05) is 35.9 Å². The maximum Gasteiger partial charge on any atom is 0.128 e. The molecule has 20 heavy (non-hydrogen) atoms. The van der Waals surface area contributed by atoms with Crippen molar-refractivity contribution in [3.8, 4) is 5.75 Å². The molecule has 0 aliphatic heterocycles. The van der Waals surface area contributed by atoms with Crippen molar-refractivity contribution >= 4 is 23.2 Å². The van der Waals surface area contributed by atoms with E-state index in [-0.39, 0.29) is 11.6 Å². The third kappa shape index (κ3) is 3.10. The van der Waals surface area contributed by atoms with E-state index in [1.165, 1.54) is 18.6 Å². The van der Waals surface area contributed by atoms with Crippen molar-refractivity contribution in [2.75, 3.05) is 6.61 Å². The second kappa shape index (κ2) is 6.70. The number of hydrogen-bond acceptors (Lipinski definition) is 4. The van der Waals surface area contributed by atoms with Crippen LogP contribution in [0.1, 0.15) is 17.4 Å². The van der Waals surface area contributed by atoms with Gasteiger partial charge in [-0.25, -0.2) is 0 Å². The number of rotatable bonds is 5. The largest absolute Gasteiger partial charge is 0.489 e. The molecule has 0 aliphatic carbocycles.